The number of hydrogen-bond acceptors (Lipinski definition) is 2. The lowest BCUT2D eigenvalue weighted by Crippen LogP contribution is -2.31. The summed E-state index contributed by atoms with van der Waals surface area (Å²) in [5.74, 6) is -0.0479. The summed E-state index contributed by atoms with van der Waals surface area (Å²) >= 11 is 0. The molecule has 0 aliphatic heterocycles. The predicted octanol–water partition coefficient (Wildman–Crippen LogP) is 4.84. The van der Waals surface area contributed by atoms with E-state index in [0.717, 1.165) is 28.6 Å². The third-order valence-electron chi connectivity index (χ3n) is 4.16. The van der Waals surface area contributed by atoms with Gasteiger partial charge in [0.15, 0.2) is 0 Å². The molecule has 0 unspecified atom stereocenters. The molecule has 2 N–H and O–H groups in total. The molecule has 122 valence electrons. The van der Waals surface area contributed by atoms with E-state index in [1.165, 1.54) is 5.56 Å². The molecule has 1 amide bonds. The van der Waals surface area contributed by atoms with Gasteiger partial charge < -0.3 is 10.6 Å². The van der Waals surface area contributed by atoms with Gasteiger partial charge in [0.1, 0.15) is 6.04 Å². The number of fused-ring (bicyclic) bond motifs is 1. The van der Waals surface area contributed by atoms with Crippen molar-refractivity contribution in [3.05, 3.63) is 72.3 Å². The number of rotatable bonds is 5. The molecular weight excluding hydrogens is 296 g/mol. The van der Waals surface area contributed by atoms with Crippen molar-refractivity contribution in [3.8, 4) is 0 Å². The van der Waals surface area contributed by atoms with Crippen molar-refractivity contribution in [2.45, 2.75) is 26.3 Å². The Balaban J connectivity index is 1.73. The van der Waals surface area contributed by atoms with Gasteiger partial charge in [0.05, 0.1) is 0 Å². The maximum absolute atomic E-state index is 12.5. The zero-order valence-electron chi connectivity index (χ0n) is 14.0. The van der Waals surface area contributed by atoms with E-state index in [1.807, 2.05) is 61.5 Å². The van der Waals surface area contributed by atoms with E-state index in [1.54, 1.807) is 0 Å². The van der Waals surface area contributed by atoms with Crippen molar-refractivity contribution in [3.63, 3.8) is 0 Å². The average molecular weight is 318 g/mol. The van der Waals surface area contributed by atoms with Crippen molar-refractivity contribution < 1.29 is 4.79 Å². The van der Waals surface area contributed by atoms with Crippen LogP contribution in [-0.4, -0.2) is 11.9 Å². The molecule has 0 fully saturated rings. The molecule has 3 aromatic carbocycles. The molecule has 3 aromatic rings. The van der Waals surface area contributed by atoms with Crippen LogP contribution < -0.4 is 10.6 Å². The largest absolute Gasteiger partial charge is 0.374 e. The van der Waals surface area contributed by atoms with Crippen molar-refractivity contribution in [2.75, 3.05) is 10.6 Å². The molecule has 1 atom stereocenters. The molecule has 0 radical (unpaired) electrons. The third kappa shape index (κ3) is 3.57. The van der Waals surface area contributed by atoms with Crippen LogP contribution in [-0.2, 0) is 11.2 Å². The molecule has 3 heteroatoms. The first-order valence-electron chi connectivity index (χ1n) is 8.31. The van der Waals surface area contributed by atoms with Gasteiger partial charge in [-0.1, -0.05) is 55.5 Å². The van der Waals surface area contributed by atoms with Crippen LogP contribution in [0.2, 0.25) is 0 Å². The smallest absolute Gasteiger partial charge is 0.246 e. The summed E-state index contributed by atoms with van der Waals surface area (Å²) < 4.78 is 0. The minimum Gasteiger partial charge on any atom is -0.374 e. The van der Waals surface area contributed by atoms with Gasteiger partial charge in [-0.15, -0.1) is 0 Å². The number of aryl methyl sites for hydroxylation is 1. The second-order valence-corrected chi connectivity index (χ2v) is 5.94. The van der Waals surface area contributed by atoms with Crippen molar-refractivity contribution in [1.29, 1.82) is 0 Å². The number of carbonyl (C=O) groups is 1. The topological polar surface area (TPSA) is 41.1 Å². The summed E-state index contributed by atoms with van der Waals surface area (Å²) in [5, 5.41) is 8.47. The average Bonchev–Trinajstić information content (AvgIpc) is 2.62. The fourth-order valence-electron chi connectivity index (χ4n) is 2.77. The van der Waals surface area contributed by atoms with Crippen LogP contribution >= 0.6 is 0 Å². The summed E-state index contributed by atoms with van der Waals surface area (Å²) in [6.07, 6.45) is 0.978. The molecule has 0 spiro atoms. The van der Waals surface area contributed by atoms with E-state index in [2.05, 4.69) is 29.7 Å². The second-order valence-electron chi connectivity index (χ2n) is 5.94. The zero-order valence-corrected chi connectivity index (χ0v) is 14.0. The fourth-order valence-corrected chi connectivity index (χ4v) is 2.77. The first kappa shape index (κ1) is 16.1. The van der Waals surface area contributed by atoms with E-state index < -0.39 is 0 Å². The summed E-state index contributed by atoms with van der Waals surface area (Å²) in [6.45, 7) is 3.99. The Labute approximate surface area is 142 Å². The highest BCUT2D eigenvalue weighted by Crippen LogP contribution is 2.23. The van der Waals surface area contributed by atoms with Crippen molar-refractivity contribution in [2.24, 2.45) is 0 Å². The molecule has 0 aliphatic rings. The fraction of sp³-hybridized carbons (Fsp3) is 0.190. The molecule has 0 aromatic heterocycles. The monoisotopic (exact) mass is 318 g/mol. The number of carbonyl (C=O) groups excluding carboxylic acids is 1. The molecule has 24 heavy (non-hydrogen) atoms. The SMILES string of the molecule is CCc1cccc(N[C@H](C)C(=O)Nc2cccc3ccccc23)c1. The first-order chi connectivity index (χ1) is 11.7. The number of hydrogen-bond donors (Lipinski definition) is 2. The Morgan fingerprint density at radius 3 is 2.58 bits per heavy atom. The van der Waals surface area contributed by atoms with E-state index in [4.69, 9.17) is 0 Å². The minimum atomic E-state index is -0.323. The van der Waals surface area contributed by atoms with Crippen LogP contribution in [0.15, 0.2) is 66.7 Å². The van der Waals surface area contributed by atoms with E-state index >= 15 is 0 Å². The Morgan fingerprint density at radius 1 is 1.00 bits per heavy atom. The van der Waals surface area contributed by atoms with Gasteiger partial charge in [-0.05, 0) is 42.5 Å². The molecule has 3 rings (SSSR count). The van der Waals surface area contributed by atoms with Crippen LogP contribution in [0.25, 0.3) is 10.8 Å². The maximum Gasteiger partial charge on any atom is 0.246 e. The van der Waals surface area contributed by atoms with Crippen LogP contribution in [0.3, 0.4) is 0 Å². The van der Waals surface area contributed by atoms with E-state index in [0.29, 0.717) is 0 Å². The molecular formula is C21H22N2O. The normalized spacial score (nSPS) is 11.9. The predicted molar refractivity (Wildman–Crippen MR) is 101 cm³/mol. The summed E-state index contributed by atoms with van der Waals surface area (Å²) in [5.41, 5.74) is 3.06. The Kier molecular flexibility index (Phi) is 4.80. The summed E-state index contributed by atoms with van der Waals surface area (Å²) in [6, 6.07) is 21.8. The van der Waals surface area contributed by atoms with Gasteiger partial charge in [-0.2, -0.15) is 0 Å². The van der Waals surface area contributed by atoms with Gasteiger partial charge in [0, 0.05) is 16.8 Å². The number of nitrogens with one attached hydrogen (secondary N) is 2. The summed E-state index contributed by atoms with van der Waals surface area (Å²) in [4.78, 5) is 12.5. The van der Waals surface area contributed by atoms with Gasteiger partial charge in [0.25, 0.3) is 0 Å². The van der Waals surface area contributed by atoms with Gasteiger partial charge in [-0.25, -0.2) is 0 Å². The summed E-state index contributed by atoms with van der Waals surface area (Å²) in [7, 11) is 0. The van der Waals surface area contributed by atoms with Gasteiger partial charge >= 0.3 is 0 Å². The minimum absolute atomic E-state index is 0.0479. The first-order valence-corrected chi connectivity index (χ1v) is 8.31. The molecule has 3 nitrogen and oxygen atoms in total. The van der Waals surface area contributed by atoms with E-state index in [-0.39, 0.29) is 11.9 Å². The lowest BCUT2D eigenvalue weighted by atomic mass is 10.1. The van der Waals surface area contributed by atoms with Crippen LogP contribution in [0.5, 0.6) is 0 Å². The van der Waals surface area contributed by atoms with Crippen LogP contribution in [0.4, 0.5) is 11.4 Å². The standard InChI is InChI=1S/C21H22N2O/c1-3-16-8-6-11-18(14-16)22-15(2)21(24)23-20-13-7-10-17-9-4-5-12-19(17)20/h4-15,22H,3H2,1-2H3,(H,23,24)/t15-/m1/s1. The third-order valence-corrected chi connectivity index (χ3v) is 4.16. The Bertz CT molecular complexity index is 852. The zero-order chi connectivity index (χ0) is 16.9. The quantitative estimate of drug-likeness (QED) is 0.706. The number of benzene rings is 3. The number of anilines is 2. The lowest BCUT2D eigenvalue weighted by Gasteiger charge is -2.17. The van der Waals surface area contributed by atoms with Gasteiger partial charge in [-0.3, -0.25) is 4.79 Å². The second kappa shape index (κ2) is 7.18. The van der Waals surface area contributed by atoms with Crippen LogP contribution in [0, 0.1) is 0 Å². The van der Waals surface area contributed by atoms with Crippen molar-refractivity contribution in [1.82, 2.24) is 0 Å². The molecule has 0 heterocycles. The lowest BCUT2D eigenvalue weighted by molar-refractivity contribution is -0.116. The number of amides is 1. The molecule has 0 bridgehead atoms. The molecule has 0 saturated carbocycles. The van der Waals surface area contributed by atoms with Crippen molar-refractivity contribution >= 4 is 28.1 Å². The maximum atomic E-state index is 12.5. The highest BCUT2D eigenvalue weighted by atomic mass is 16.2. The highest BCUT2D eigenvalue weighted by molar-refractivity contribution is 6.04. The van der Waals surface area contributed by atoms with Crippen LogP contribution in [0.1, 0.15) is 19.4 Å². The van der Waals surface area contributed by atoms with E-state index in [9.17, 15) is 4.79 Å². The molecule has 0 aliphatic carbocycles. The van der Waals surface area contributed by atoms with Gasteiger partial charge in [0.2, 0.25) is 5.91 Å². The highest BCUT2D eigenvalue weighted by Gasteiger charge is 2.14. The Morgan fingerprint density at radius 2 is 1.75 bits per heavy atom. The Hall–Kier alpha value is -2.81. The molecule has 0 saturated heterocycles.